The van der Waals surface area contributed by atoms with Gasteiger partial charge in [-0.15, -0.1) is 0 Å². The van der Waals surface area contributed by atoms with Crippen LogP contribution in [-0.4, -0.2) is 41.0 Å². The van der Waals surface area contributed by atoms with E-state index >= 15 is 0 Å². The Kier molecular flexibility index (Phi) is 5.21. The number of carboxylic acid groups (broad SMARTS) is 1. The molecule has 0 radical (unpaired) electrons. The van der Waals surface area contributed by atoms with Gasteiger partial charge in [-0.05, 0) is 72.2 Å². The predicted octanol–water partition coefficient (Wildman–Crippen LogP) is 2.33. The Hall–Kier alpha value is -1.15. The van der Waals surface area contributed by atoms with Crippen molar-refractivity contribution < 1.29 is 14.7 Å². The van der Waals surface area contributed by atoms with Crippen LogP contribution in [0.4, 0.5) is 5.69 Å². The highest BCUT2D eigenvalue weighted by Crippen LogP contribution is 2.24. The summed E-state index contributed by atoms with van der Waals surface area (Å²) in [4.78, 5) is 25.2. The number of likely N-dealkylation sites (tertiary alicyclic amines) is 1. The van der Waals surface area contributed by atoms with Crippen molar-refractivity contribution in [2.45, 2.75) is 26.3 Å². The highest BCUT2D eigenvalue weighted by molar-refractivity contribution is 14.1. The highest BCUT2D eigenvalue weighted by atomic mass is 127. The number of benzene rings is 1. The summed E-state index contributed by atoms with van der Waals surface area (Å²) in [5.41, 5.74) is 1.78. The molecule has 0 saturated carbocycles. The van der Waals surface area contributed by atoms with Crippen LogP contribution in [0.5, 0.6) is 0 Å². The highest BCUT2D eigenvalue weighted by Gasteiger charge is 2.37. The normalized spacial score (nSPS) is 22.2. The zero-order valence-electron chi connectivity index (χ0n) is 12.1. The van der Waals surface area contributed by atoms with E-state index < -0.39 is 12.0 Å². The first kappa shape index (κ1) is 16.2. The zero-order chi connectivity index (χ0) is 15.6. The third-order valence-electron chi connectivity index (χ3n) is 3.87. The van der Waals surface area contributed by atoms with Gasteiger partial charge >= 0.3 is 5.97 Å². The maximum atomic E-state index is 12.1. The second-order valence-corrected chi connectivity index (χ2v) is 6.77. The fourth-order valence-electron chi connectivity index (χ4n) is 2.74. The molecule has 1 aromatic carbocycles. The van der Waals surface area contributed by atoms with Gasteiger partial charge in [-0.1, -0.05) is 6.92 Å². The molecule has 0 spiro atoms. The number of carboxylic acids is 1. The number of hydrogen-bond acceptors (Lipinski definition) is 3. The second-order valence-electron chi connectivity index (χ2n) is 5.53. The number of amides is 1. The molecule has 1 aromatic rings. The molecular formula is C15H19IN2O3. The number of anilines is 1. The molecular weight excluding hydrogens is 383 g/mol. The van der Waals surface area contributed by atoms with Crippen LogP contribution in [-0.2, 0) is 9.59 Å². The Morgan fingerprint density at radius 3 is 2.81 bits per heavy atom. The third kappa shape index (κ3) is 3.94. The van der Waals surface area contributed by atoms with Crippen LogP contribution in [0.25, 0.3) is 0 Å². The molecule has 6 heteroatoms. The van der Waals surface area contributed by atoms with Crippen molar-refractivity contribution in [2.24, 2.45) is 5.92 Å². The third-order valence-corrected chi connectivity index (χ3v) is 4.54. The van der Waals surface area contributed by atoms with Gasteiger partial charge in [0, 0.05) is 9.26 Å². The Labute approximate surface area is 137 Å². The molecule has 0 aliphatic carbocycles. The zero-order valence-corrected chi connectivity index (χ0v) is 14.3. The number of aliphatic carboxylic acids is 1. The number of nitrogens with zero attached hydrogens (tertiary/aromatic N) is 1. The molecule has 1 aliphatic rings. The molecule has 1 saturated heterocycles. The smallest absolute Gasteiger partial charge is 0.321 e. The van der Waals surface area contributed by atoms with Crippen molar-refractivity contribution in [1.29, 1.82) is 0 Å². The van der Waals surface area contributed by atoms with Crippen LogP contribution < -0.4 is 5.32 Å². The molecule has 21 heavy (non-hydrogen) atoms. The number of hydrogen-bond donors (Lipinski definition) is 2. The maximum Gasteiger partial charge on any atom is 0.321 e. The topological polar surface area (TPSA) is 69.6 Å². The van der Waals surface area contributed by atoms with Crippen molar-refractivity contribution in [3.05, 3.63) is 27.3 Å². The van der Waals surface area contributed by atoms with Gasteiger partial charge in [0.05, 0.1) is 6.54 Å². The van der Waals surface area contributed by atoms with E-state index in [1.807, 2.05) is 32.0 Å². The minimum absolute atomic E-state index is 0.0790. The second kappa shape index (κ2) is 6.74. The van der Waals surface area contributed by atoms with Crippen LogP contribution in [0.1, 0.15) is 18.9 Å². The van der Waals surface area contributed by atoms with Gasteiger partial charge in [-0.2, -0.15) is 0 Å². The first-order valence-corrected chi connectivity index (χ1v) is 7.99. The monoisotopic (exact) mass is 402 g/mol. The Morgan fingerprint density at radius 2 is 2.19 bits per heavy atom. The molecule has 0 aromatic heterocycles. The minimum Gasteiger partial charge on any atom is -0.480 e. The lowest BCUT2D eigenvalue weighted by molar-refractivity contribution is -0.143. The summed E-state index contributed by atoms with van der Waals surface area (Å²) >= 11 is 2.22. The quantitative estimate of drug-likeness (QED) is 0.759. The van der Waals surface area contributed by atoms with Crippen molar-refractivity contribution in [3.8, 4) is 0 Å². The number of halogens is 1. The van der Waals surface area contributed by atoms with E-state index in [1.54, 1.807) is 4.90 Å². The van der Waals surface area contributed by atoms with Gasteiger partial charge in [-0.3, -0.25) is 14.5 Å². The lowest BCUT2D eigenvalue weighted by Crippen LogP contribution is -2.43. The lowest BCUT2D eigenvalue weighted by Gasteiger charge is -2.22. The van der Waals surface area contributed by atoms with Crippen LogP contribution in [0.15, 0.2) is 18.2 Å². The average Bonchev–Trinajstić information content (AvgIpc) is 2.74. The number of nitrogens with one attached hydrogen (secondary N) is 1. The number of carbonyl (C=O) groups excluding carboxylic acids is 1. The molecule has 1 aliphatic heterocycles. The SMILES string of the molecule is Cc1cc(I)ccc1NC(=O)CN1CCC(C)C1C(=O)O. The molecule has 1 fully saturated rings. The minimum atomic E-state index is -0.849. The fraction of sp³-hybridized carbons (Fsp3) is 0.467. The molecule has 2 rings (SSSR count). The Morgan fingerprint density at radius 1 is 1.48 bits per heavy atom. The summed E-state index contributed by atoms with van der Waals surface area (Å²) in [6, 6.07) is 5.24. The molecule has 1 heterocycles. The van der Waals surface area contributed by atoms with Crippen LogP contribution >= 0.6 is 22.6 Å². The van der Waals surface area contributed by atoms with Crippen LogP contribution in [0.2, 0.25) is 0 Å². The summed E-state index contributed by atoms with van der Waals surface area (Å²) in [5, 5.41) is 12.1. The van der Waals surface area contributed by atoms with Crippen molar-refractivity contribution in [3.63, 3.8) is 0 Å². The lowest BCUT2D eigenvalue weighted by atomic mass is 10.0. The van der Waals surface area contributed by atoms with Gasteiger partial charge in [-0.25, -0.2) is 0 Å². The van der Waals surface area contributed by atoms with E-state index in [-0.39, 0.29) is 18.4 Å². The van der Waals surface area contributed by atoms with Gasteiger partial charge in [0.1, 0.15) is 6.04 Å². The molecule has 2 atom stereocenters. The Balaban J connectivity index is 2.00. The van der Waals surface area contributed by atoms with E-state index in [4.69, 9.17) is 0 Å². The van der Waals surface area contributed by atoms with E-state index in [0.717, 1.165) is 21.2 Å². The van der Waals surface area contributed by atoms with E-state index in [1.165, 1.54) is 0 Å². The summed E-state index contributed by atoms with van der Waals surface area (Å²) < 4.78 is 1.11. The van der Waals surface area contributed by atoms with Gasteiger partial charge < -0.3 is 10.4 Å². The molecule has 2 N–H and O–H groups in total. The Bertz CT molecular complexity index is 562. The summed E-state index contributed by atoms with van der Waals surface area (Å²) in [6.07, 6.45) is 0.812. The standard InChI is InChI=1S/C15H19IN2O3/c1-9-5-6-18(14(9)15(20)21)8-13(19)17-12-4-3-11(16)7-10(12)2/h3-4,7,9,14H,5-6,8H2,1-2H3,(H,17,19)(H,20,21). The molecule has 0 bridgehead atoms. The van der Waals surface area contributed by atoms with Gasteiger partial charge in [0.25, 0.3) is 0 Å². The van der Waals surface area contributed by atoms with Gasteiger partial charge in [0.2, 0.25) is 5.91 Å². The molecule has 5 nitrogen and oxygen atoms in total. The fourth-order valence-corrected chi connectivity index (χ4v) is 3.39. The van der Waals surface area contributed by atoms with Crippen molar-refractivity contribution >= 4 is 40.2 Å². The first-order valence-electron chi connectivity index (χ1n) is 6.91. The van der Waals surface area contributed by atoms with Crippen LogP contribution in [0, 0.1) is 16.4 Å². The summed E-state index contributed by atoms with van der Waals surface area (Å²) in [7, 11) is 0. The maximum absolute atomic E-state index is 12.1. The van der Waals surface area contributed by atoms with Crippen molar-refractivity contribution in [1.82, 2.24) is 4.90 Å². The number of rotatable bonds is 4. The van der Waals surface area contributed by atoms with E-state index in [9.17, 15) is 14.7 Å². The number of aryl methyl sites for hydroxylation is 1. The van der Waals surface area contributed by atoms with E-state index in [2.05, 4.69) is 27.9 Å². The molecule has 114 valence electrons. The average molecular weight is 402 g/mol. The summed E-state index contributed by atoms with van der Waals surface area (Å²) in [6.45, 7) is 4.62. The summed E-state index contributed by atoms with van der Waals surface area (Å²) in [5.74, 6) is -0.937. The largest absolute Gasteiger partial charge is 0.480 e. The van der Waals surface area contributed by atoms with Crippen LogP contribution in [0.3, 0.4) is 0 Å². The van der Waals surface area contributed by atoms with Gasteiger partial charge in [0.15, 0.2) is 0 Å². The predicted molar refractivity (Wildman–Crippen MR) is 89.3 cm³/mol. The molecule has 2 unspecified atom stereocenters. The molecule has 1 amide bonds. The first-order chi connectivity index (χ1) is 9.88. The van der Waals surface area contributed by atoms with E-state index in [0.29, 0.717) is 6.54 Å². The number of carbonyl (C=O) groups is 2. The van der Waals surface area contributed by atoms with Crippen molar-refractivity contribution in [2.75, 3.05) is 18.4 Å².